The molecular weight excluding hydrogens is 314 g/mol. The highest BCUT2D eigenvalue weighted by molar-refractivity contribution is 7.17. The first-order valence-corrected chi connectivity index (χ1v) is 8.91. The van der Waals surface area contributed by atoms with E-state index >= 15 is 0 Å². The third-order valence-corrected chi connectivity index (χ3v) is 4.68. The standard InChI is InChI=1S/C16H23N3O3S/c1-4-8-17(9-5-2)13(20)11-19-12-7-10-23-14(12)15(21)18(6-3)16(19)22/h7,10H,4-6,8-9,11H2,1-3H3. The van der Waals surface area contributed by atoms with E-state index < -0.39 is 5.69 Å². The Morgan fingerprint density at radius 2 is 1.78 bits per heavy atom. The van der Waals surface area contributed by atoms with Crippen LogP contribution in [0.15, 0.2) is 21.0 Å². The molecule has 0 aliphatic carbocycles. The van der Waals surface area contributed by atoms with E-state index in [0.29, 0.717) is 29.9 Å². The average Bonchev–Trinajstić information content (AvgIpc) is 3.01. The first-order valence-electron chi connectivity index (χ1n) is 8.03. The third kappa shape index (κ3) is 3.39. The molecule has 0 spiro atoms. The van der Waals surface area contributed by atoms with Crippen molar-refractivity contribution in [2.45, 2.75) is 46.7 Å². The Balaban J connectivity index is 2.47. The lowest BCUT2D eigenvalue weighted by Gasteiger charge is -2.22. The molecule has 0 bridgehead atoms. The lowest BCUT2D eigenvalue weighted by molar-refractivity contribution is -0.131. The van der Waals surface area contributed by atoms with Gasteiger partial charge in [-0.25, -0.2) is 4.79 Å². The number of aromatic nitrogens is 2. The van der Waals surface area contributed by atoms with Gasteiger partial charge in [0.05, 0.1) is 5.52 Å². The Labute approximate surface area is 139 Å². The van der Waals surface area contributed by atoms with Gasteiger partial charge in [0, 0.05) is 19.6 Å². The van der Waals surface area contributed by atoms with Crippen molar-refractivity contribution in [2.24, 2.45) is 0 Å². The van der Waals surface area contributed by atoms with Crippen LogP contribution in [0.25, 0.3) is 10.2 Å². The zero-order valence-corrected chi connectivity index (χ0v) is 14.7. The predicted molar refractivity (Wildman–Crippen MR) is 93.2 cm³/mol. The smallest absolute Gasteiger partial charge is 0.331 e. The fourth-order valence-corrected chi connectivity index (χ4v) is 3.54. The van der Waals surface area contributed by atoms with Crippen molar-refractivity contribution in [2.75, 3.05) is 13.1 Å². The van der Waals surface area contributed by atoms with Gasteiger partial charge >= 0.3 is 5.69 Å². The lowest BCUT2D eigenvalue weighted by atomic mass is 10.3. The second-order valence-corrected chi connectivity index (χ2v) is 6.35. The molecule has 2 aromatic rings. The van der Waals surface area contributed by atoms with Crippen LogP contribution in [-0.2, 0) is 17.9 Å². The number of amides is 1. The van der Waals surface area contributed by atoms with E-state index in [2.05, 4.69) is 0 Å². The molecule has 0 aromatic carbocycles. The molecule has 6 nitrogen and oxygen atoms in total. The van der Waals surface area contributed by atoms with Gasteiger partial charge in [-0.1, -0.05) is 13.8 Å². The highest BCUT2D eigenvalue weighted by Crippen LogP contribution is 2.15. The van der Waals surface area contributed by atoms with E-state index in [1.807, 2.05) is 13.8 Å². The highest BCUT2D eigenvalue weighted by Gasteiger charge is 2.18. The first kappa shape index (κ1) is 17.5. The number of hydrogen-bond acceptors (Lipinski definition) is 4. The van der Waals surface area contributed by atoms with E-state index in [0.717, 1.165) is 12.8 Å². The summed E-state index contributed by atoms with van der Waals surface area (Å²) in [6.45, 7) is 7.45. The largest absolute Gasteiger partial charge is 0.341 e. The van der Waals surface area contributed by atoms with E-state index in [4.69, 9.17) is 0 Å². The van der Waals surface area contributed by atoms with Crippen LogP contribution in [0.5, 0.6) is 0 Å². The fourth-order valence-electron chi connectivity index (χ4n) is 2.70. The number of rotatable bonds is 7. The topological polar surface area (TPSA) is 64.3 Å². The van der Waals surface area contributed by atoms with Gasteiger partial charge in [0.2, 0.25) is 5.91 Å². The Morgan fingerprint density at radius 1 is 1.13 bits per heavy atom. The molecule has 0 aliphatic rings. The molecule has 0 radical (unpaired) electrons. The summed E-state index contributed by atoms with van der Waals surface area (Å²) in [5, 5.41) is 1.78. The quantitative estimate of drug-likeness (QED) is 0.775. The third-order valence-electron chi connectivity index (χ3n) is 3.79. The van der Waals surface area contributed by atoms with Gasteiger partial charge in [-0.15, -0.1) is 11.3 Å². The zero-order chi connectivity index (χ0) is 17.0. The Morgan fingerprint density at radius 3 is 2.35 bits per heavy atom. The molecule has 0 aliphatic heterocycles. The number of fused-ring (bicyclic) bond motifs is 1. The zero-order valence-electron chi connectivity index (χ0n) is 13.9. The number of hydrogen-bond donors (Lipinski definition) is 0. The average molecular weight is 337 g/mol. The molecule has 0 unspecified atom stereocenters. The van der Waals surface area contributed by atoms with Crippen molar-refractivity contribution in [1.29, 1.82) is 0 Å². The summed E-state index contributed by atoms with van der Waals surface area (Å²) in [5.74, 6) is -0.0791. The summed E-state index contributed by atoms with van der Waals surface area (Å²) in [7, 11) is 0. The second kappa shape index (κ2) is 7.59. The first-order chi connectivity index (χ1) is 11.0. The summed E-state index contributed by atoms with van der Waals surface area (Å²) in [4.78, 5) is 39.2. The van der Waals surface area contributed by atoms with Crippen molar-refractivity contribution in [3.63, 3.8) is 0 Å². The molecule has 0 N–H and O–H groups in total. The molecule has 7 heteroatoms. The van der Waals surface area contributed by atoms with Gasteiger partial charge in [-0.2, -0.15) is 0 Å². The SMILES string of the molecule is CCCN(CCC)C(=O)Cn1c(=O)n(CC)c(=O)c2sccc21. The van der Waals surface area contributed by atoms with Gasteiger partial charge in [-0.3, -0.25) is 18.7 Å². The number of carbonyl (C=O) groups is 1. The summed E-state index contributed by atoms with van der Waals surface area (Å²) >= 11 is 1.30. The summed E-state index contributed by atoms with van der Waals surface area (Å²) < 4.78 is 3.14. The number of carbonyl (C=O) groups excluding carboxylic acids is 1. The van der Waals surface area contributed by atoms with E-state index in [1.54, 1.807) is 23.3 Å². The molecular formula is C16H23N3O3S. The van der Waals surface area contributed by atoms with Gasteiger partial charge in [-0.05, 0) is 31.2 Å². The van der Waals surface area contributed by atoms with Crippen molar-refractivity contribution in [3.8, 4) is 0 Å². The lowest BCUT2D eigenvalue weighted by Crippen LogP contribution is -2.43. The van der Waals surface area contributed by atoms with E-state index in [-0.39, 0.29) is 18.0 Å². The Bertz CT molecular complexity index is 797. The minimum absolute atomic E-state index is 0.0215. The molecule has 2 aromatic heterocycles. The minimum atomic E-state index is -0.412. The predicted octanol–water partition coefficient (Wildman–Crippen LogP) is 1.89. The maximum Gasteiger partial charge on any atom is 0.331 e. The molecule has 1 amide bonds. The van der Waals surface area contributed by atoms with Gasteiger partial charge < -0.3 is 4.90 Å². The Hall–Kier alpha value is -1.89. The van der Waals surface area contributed by atoms with Crippen LogP contribution in [0.4, 0.5) is 0 Å². The summed E-state index contributed by atoms with van der Waals surface area (Å²) in [6, 6.07) is 1.74. The minimum Gasteiger partial charge on any atom is -0.341 e. The van der Waals surface area contributed by atoms with Crippen molar-refractivity contribution >= 4 is 27.5 Å². The van der Waals surface area contributed by atoms with Crippen LogP contribution in [-0.4, -0.2) is 33.0 Å². The molecule has 0 saturated carbocycles. The normalized spacial score (nSPS) is 11.1. The van der Waals surface area contributed by atoms with Crippen molar-refractivity contribution in [3.05, 3.63) is 32.3 Å². The molecule has 2 heterocycles. The van der Waals surface area contributed by atoms with Crippen LogP contribution in [0, 0.1) is 0 Å². The highest BCUT2D eigenvalue weighted by atomic mass is 32.1. The fraction of sp³-hybridized carbons (Fsp3) is 0.562. The molecule has 0 atom stereocenters. The number of nitrogens with zero attached hydrogens (tertiary/aromatic N) is 3. The molecule has 2 rings (SSSR count). The number of thiophene rings is 1. The summed E-state index contributed by atoms with van der Waals surface area (Å²) in [5.41, 5.74) is -0.133. The summed E-state index contributed by atoms with van der Waals surface area (Å²) in [6.07, 6.45) is 1.76. The molecule has 126 valence electrons. The molecule has 0 fully saturated rings. The monoisotopic (exact) mass is 337 g/mol. The maximum atomic E-state index is 12.6. The van der Waals surface area contributed by atoms with Gasteiger partial charge in [0.25, 0.3) is 5.56 Å². The van der Waals surface area contributed by atoms with E-state index in [1.165, 1.54) is 20.5 Å². The van der Waals surface area contributed by atoms with Crippen molar-refractivity contribution in [1.82, 2.24) is 14.0 Å². The van der Waals surface area contributed by atoms with E-state index in [9.17, 15) is 14.4 Å². The second-order valence-electron chi connectivity index (χ2n) is 5.43. The Kier molecular flexibility index (Phi) is 5.76. The van der Waals surface area contributed by atoms with Crippen LogP contribution in [0.3, 0.4) is 0 Å². The maximum absolute atomic E-state index is 12.6. The van der Waals surface area contributed by atoms with Crippen molar-refractivity contribution < 1.29 is 4.79 Å². The van der Waals surface area contributed by atoms with Crippen LogP contribution < -0.4 is 11.2 Å². The van der Waals surface area contributed by atoms with Gasteiger partial charge in [0.1, 0.15) is 11.2 Å². The van der Waals surface area contributed by atoms with Crippen LogP contribution in [0.1, 0.15) is 33.6 Å². The van der Waals surface area contributed by atoms with Gasteiger partial charge in [0.15, 0.2) is 0 Å². The molecule has 0 saturated heterocycles. The molecule has 23 heavy (non-hydrogen) atoms. The van der Waals surface area contributed by atoms with Crippen LogP contribution in [0.2, 0.25) is 0 Å². The van der Waals surface area contributed by atoms with Crippen LogP contribution >= 0.6 is 11.3 Å².